The number of carbonyl (C=O) groups is 3. The summed E-state index contributed by atoms with van der Waals surface area (Å²) in [4.78, 5) is 33.7. The van der Waals surface area contributed by atoms with Crippen LogP contribution in [-0.4, -0.2) is 53.9 Å². The van der Waals surface area contributed by atoms with Gasteiger partial charge in [0, 0.05) is 24.5 Å². The molecule has 0 bridgehead atoms. The molecule has 0 saturated heterocycles. The smallest absolute Gasteiger partial charge is 0.482 e. The first-order valence-electron chi connectivity index (χ1n) is 9.40. The lowest BCUT2D eigenvalue weighted by atomic mass is 10.1. The Balaban J connectivity index is 0.000000451. The lowest BCUT2D eigenvalue weighted by Crippen LogP contribution is -2.24. The molecule has 1 amide bonds. The number of carboxylic acids is 2. The molecule has 3 rings (SSSR count). The number of nitrogens with one attached hydrogen (secondary N) is 2. The molecule has 0 saturated carbocycles. The summed E-state index contributed by atoms with van der Waals surface area (Å²) in [5.41, 5.74) is 2.29. The van der Waals surface area contributed by atoms with Crippen molar-refractivity contribution in [3.05, 3.63) is 51.2 Å². The first-order valence-corrected chi connectivity index (χ1v) is 10.2. The molecule has 0 aliphatic carbocycles. The molecule has 2 heterocycles. The van der Waals surface area contributed by atoms with E-state index in [4.69, 9.17) is 19.7 Å². The van der Waals surface area contributed by atoms with Gasteiger partial charge in [-0.3, -0.25) is 4.79 Å². The first kappa shape index (κ1) is 25.1. The second-order valence-corrected chi connectivity index (χ2v) is 7.76. The summed E-state index contributed by atoms with van der Waals surface area (Å²) in [5, 5.41) is 22.0. The number of ether oxygens (including phenoxy) is 1. The number of amides is 1. The van der Waals surface area contributed by atoms with Crippen LogP contribution in [0.15, 0.2) is 30.3 Å². The highest BCUT2D eigenvalue weighted by atomic mass is 32.1. The van der Waals surface area contributed by atoms with Gasteiger partial charge in [0.05, 0.1) is 4.88 Å². The maximum atomic E-state index is 12.3. The molecule has 1 aromatic carbocycles. The highest BCUT2D eigenvalue weighted by Gasteiger charge is 2.38. The van der Waals surface area contributed by atoms with Gasteiger partial charge in [-0.2, -0.15) is 13.2 Å². The molecule has 0 atom stereocenters. The summed E-state index contributed by atoms with van der Waals surface area (Å²) in [6, 6.07) is 9.20. The fourth-order valence-corrected chi connectivity index (χ4v) is 3.77. The third kappa shape index (κ3) is 8.19. The van der Waals surface area contributed by atoms with Gasteiger partial charge in [-0.15, -0.1) is 11.3 Å². The fraction of sp³-hybridized carbons (Fsp3) is 0.350. The molecular formula is C20H21F3N2O6S. The number of benzene rings is 1. The van der Waals surface area contributed by atoms with Crippen LogP contribution in [-0.2, 0) is 29.0 Å². The second kappa shape index (κ2) is 11.5. The number of fused-ring (bicyclic) bond motifs is 1. The van der Waals surface area contributed by atoms with Crippen LogP contribution in [0.3, 0.4) is 0 Å². The largest absolute Gasteiger partial charge is 0.490 e. The Morgan fingerprint density at radius 2 is 1.81 bits per heavy atom. The van der Waals surface area contributed by atoms with E-state index in [2.05, 4.69) is 10.6 Å². The molecule has 32 heavy (non-hydrogen) atoms. The molecule has 8 nitrogen and oxygen atoms in total. The average molecular weight is 474 g/mol. The van der Waals surface area contributed by atoms with E-state index in [1.54, 1.807) is 23.5 Å². The summed E-state index contributed by atoms with van der Waals surface area (Å²) in [6.07, 6.45) is -3.39. The lowest BCUT2D eigenvalue weighted by Gasteiger charge is -2.10. The van der Waals surface area contributed by atoms with Crippen molar-refractivity contribution in [2.45, 2.75) is 25.6 Å². The third-order valence-electron chi connectivity index (χ3n) is 4.19. The molecule has 12 heteroatoms. The Morgan fingerprint density at radius 1 is 1.16 bits per heavy atom. The lowest BCUT2D eigenvalue weighted by molar-refractivity contribution is -0.192. The molecule has 0 unspecified atom stereocenters. The van der Waals surface area contributed by atoms with Gasteiger partial charge in [-0.25, -0.2) is 9.59 Å². The van der Waals surface area contributed by atoms with Gasteiger partial charge < -0.3 is 25.6 Å². The van der Waals surface area contributed by atoms with Crippen LogP contribution >= 0.6 is 11.3 Å². The number of hydrogen-bond donors (Lipinski definition) is 4. The van der Waals surface area contributed by atoms with E-state index in [0.717, 1.165) is 30.0 Å². The molecule has 0 spiro atoms. The summed E-state index contributed by atoms with van der Waals surface area (Å²) >= 11 is 1.58. The highest BCUT2D eigenvalue weighted by molar-refractivity contribution is 7.14. The van der Waals surface area contributed by atoms with E-state index in [0.29, 0.717) is 18.7 Å². The van der Waals surface area contributed by atoms with E-state index in [1.807, 2.05) is 18.2 Å². The molecule has 1 aliphatic heterocycles. The number of hydrogen-bond acceptors (Lipinski definition) is 6. The van der Waals surface area contributed by atoms with Crippen molar-refractivity contribution < 1.29 is 42.5 Å². The minimum absolute atomic E-state index is 0.0270. The van der Waals surface area contributed by atoms with Crippen LogP contribution in [0.4, 0.5) is 13.2 Å². The van der Waals surface area contributed by atoms with Crippen LogP contribution in [0, 0.1) is 0 Å². The maximum absolute atomic E-state index is 12.3. The quantitative estimate of drug-likeness (QED) is 0.486. The number of halogens is 3. The molecule has 2 aromatic rings. The Morgan fingerprint density at radius 3 is 2.38 bits per heavy atom. The third-order valence-corrected chi connectivity index (χ3v) is 5.43. The summed E-state index contributed by atoms with van der Waals surface area (Å²) in [7, 11) is 0. The van der Waals surface area contributed by atoms with Gasteiger partial charge in [0.15, 0.2) is 6.61 Å². The molecule has 1 aromatic heterocycles. The SMILES string of the molecule is O=C(O)C(F)(F)F.O=C(O)COc1ccc(CCNC(=O)c2cc3c(s2)CCNC3)cc1. The topological polar surface area (TPSA) is 125 Å². The van der Waals surface area contributed by atoms with E-state index in [-0.39, 0.29) is 12.5 Å². The molecule has 0 fully saturated rings. The average Bonchev–Trinajstić information content (AvgIpc) is 3.17. The van der Waals surface area contributed by atoms with Crippen molar-refractivity contribution >= 4 is 29.2 Å². The molecule has 1 aliphatic rings. The van der Waals surface area contributed by atoms with Crippen molar-refractivity contribution in [1.82, 2.24) is 10.6 Å². The maximum Gasteiger partial charge on any atom is 0.490 e. The normalized spacial score (nSPS) is 12.7. The zero-order valence-corrected chi connectivity index (χ0v) is 17.5. The van der Waals surface area contributed by atoms with Crippen molar-refractivity contribution in [2.24, 2.45) is 0 Å². The highest BCUT2D eigenvalue weighted by Crippen LogP contribution is 2.25. The Hall–Kier alpha value is -3.12. The second-order valence-electron chi connectivity index (χ2n) is 6.62. The number of aliphatic carboxylic acids is 2. The summed E-state index contributed by atoms with van der Waals surface area (Å²) < 4.78 is 36.8. The zero-order chi connectivity index (χ0) is 23.7. The minimum atomic E-state index is -5.08. The van der Waals surface area contributed by atoms with Gasteiger partial charge in [0.2, 0.25) is 0 Å². The monoisotopic (exact) mass is 474 g/mol. The number of rotatable bonds is 7. The van der Waals surface area contributed by atoms with Crippen molar-refractivity contribution in [3.8, 4) is 5.75 Å². The predicted molar refractivity (Wildman–Crippen MR) is 109 cm³/mol. The van der Waals surface area contributed by atoms with E-state index in [9.17, 15) is 22.8 Å². The zero-order valence-electron chi connectivity index (χ0n) is 16.7. The van der Waals surface area contributed by atoms with Crippen molar-refractivity contribution in [2.75, 3.05) is 19.7 Å². The van der Waals surface area contributed by atoms with Gasteiger partial charge >= 0.3 is 18.1 Å². The number of carboxylic acid groups (broad SMARTS) is 2. The molecule has 4 N–H and O–H groups in total. The van der Waals surface area contributed by atoms with Gasteiger partial charge in [0.25, 0.3) is 5.91 Å². The number of alkyl halides is 3. The fourth-order valence-electron chi connectivity index (χ4n) is 2.67. The summed E-state index contributed by atoms with van der Waals surface area (Å²) in [5.74, 6) is -3.26. The van der Waals surface area contributed by atoms with Gasteiger partial charge in [-0.05, 0) is 42.2 Å². The van der Waals surface area contributed by atoms with Crippen LogP contribution in [0.1, 0.15) is 25.7 Å². The van der Waals surface area contributed by atoms with Crippen molar-refractivity contribution in [3.63, 3.8) is 0 Å². The Kier molecular flexibility index (Phi) is 9.02. The van der Waals surface area contributed by atoms with Gasteiger partial charge in [0.1, 0.15) is 5.75 Å². The Labute approximate surface area is 185 Å². The van der Waals surface area contributed by atoms with E-state index in [1.165, 1.54) is 10.4 Å². The van der Waals surface area contributed by atoms with Crippen LogP contribution < -0.4 is 15.4 Å². The Bertz CT molecular complexity index is 920. The van der Waals surface area contributed by atoms with E-state index >= 15 is 0 Å². The van der Waals surface area contributed by atoms with Gasteiger partial charge in [-0.1, -0.05) is 12.1 Å². The van der Waals surface area contributed by atoms with Crippen molar-refractivity contribution in [1.29, 1.82) is 0 Å². The number of thiophene rings is 1. The van der Waals surface area contributed by atoms with Crippen LogP contribution in [0.5, 0.6) is 5.75 Å². The predicted octanol–water partition coefficient (Wildman–Crippen LogP) is 2.46. The standard InChI is InChI=1S/C18H20N2O4S.C2HF3O2/c21-17(22)11-24-14-3-1-12(2-4-14)5-8-20-18(23)16-9-13-10-19-7-6-15(13)25-16;3-2(4,5)1(6)7/h1-4,9,19H,5-8,10-11H2,(H,20,23)(H,21,22);(H,6,7). The number of carbonyl (C=O) groups excluding carboxylic acids is 1. The summed E-state index contributed by atoms with van der Waals surface area (Å²) in [6.45, 7) is 2.01. The minimum Gasteiger partial charge on any atom is -0.482 e. The van der Waals surface area contributed by atoms with Crippen LogP contribution in [0.25, 0.3) is 0 Å². The molecule has 0 radical (unpaired) electrons. The first-order chi connectivity index (χ1) is 15.1. The van der Waals surface area contributed by atoms with Crippen LogP contribution in [0.2, 0.25) is 0 Å². The molecular weight excluding hydrogens is 453 g/mol. The van der Waals surface area contributed by atoms with E-state index < -0.39 is 18.1 Å². The molecule has 174 valence electrons.